The average molecular weight is 353 g/mol. The number of nitrogens with zero attached hydrogens (tertiary/aromatic N) is 5. The molecule has 0 radical (unpaired) electrons. The van der Waals surface area contributed by atoms with Crippen LogP contribution in [0.2, 0.25) is 0 Å². The lowest BCUT2D eigenvalue weighted by Gasteiger charge is -2.05. The molecule has 0 fully saturated rings. The zero-order valence-corrected chi connectivity index (χ0v) is 13.9. The van der Waals surface area contributed by atoms with Crippen LogP contribution in [0.3, 0.4) is 0 Å². The summed E-state index contributed by atoms with van der Waals surface area (Å²) in [5.74, 6) is 5.39. The second-order valence-electron chi connectivity index (χ2n) is 5.42. The van der Waals surface area contributed by atoms with E-state index in [2.05, 4.69) is 31.7 Å². The molecule has 0 amide bonds. The van der Waals surface area contributed by atoms with Gasteiger partial charge >= 0.3 is 0 Å². The highest BCUT2D eigenvalue weighted by molar-refractivity contribution is 7.22. The highest BCUT2D eigenvalue weighted by Crippen LogP contribution is 2.25. The summed E-state index contributed by atoms with van der Waals surface area (Å²) in [4.78, 5) is 13.1. The Balaban J connectivity index is 1.67. The van der Waals surface area contributed by atoms with E-state index in [9.17, 15) is 0 Å². The van der Waals surface area contributed by atoms with E-state index in [0.717, 1.165) is 26.9 Å². The number of rotatable bonds is 4. The SMILES string of the molecule is NN/N=C(\N)c1cnc2c(c1)ncn2Cc1ccc2nc(N)sc2c1. The molecule has 0 aliphatic rings. The Hall–Kier alpha value is -3.24. The van der Waals surface area contributed by atoms with Crippen molar-refractivity contribution in [1.82, 2.24) is 25.1 Å². The molecule has 25 heavy (non-hydrogen) atoms. The highest BCUT2D eigenvalue weighted by Gasteiger charge is 2.09. The van der Waals surface area contributed by atoms with Crippen LogP contribution in [0.1, 0.15) is 11.1 Å². The quantitative estimate of drug-likeness (QED) is 0.183. The van der Waals surface area contributed by atoms with Gasteiger partial charge in [0.2, 0.25) is 0 Å². The number of nitrogen functional groups attached to an aromatic ring is 1. The maximum absolute atomic E-state index is 5.80. The first-order chi connectivity index (χ1) is 12.1. The van der Waals surface area contributed by atoms with Crippen LogP contribution in [0.5, 0.6) is 0 Å². The number of thiazole rings is 1. The monoisotopic (exact) mass is 353 g/mol. The van der Waals surface area contributed by atoms with E-state index in [1.807, 2.05) is 22.8 Å². The first-order valence-corrected chi connectivity index (χ1v) is 8.20. The lowest BCUT2D eigenvalue weighted by atomic mass is 10.2. The molecular weight excluding hydrogens is 338 g/mol. The van der Waals surface area contributed by atoms with Crippen LogP contribution in [-0.2, 0) is 6.54 Å². The van der Waals surface area contributed by atoms with Crippen LogP contribution >= 0.6 is 11.3 Å². The maximum atomic E-state index is 5.80. The van der Waals surface area contributed by atoms with Gasteiger partial charge in [0.25, 0.3) is 0 Å². The predicted octanol–water partition coefficient (Wildman–Crippen LogP) is 0.755. The molecule has 3 heterocycles. The van der Waals surface area contributed by atoms with Crippen molar-refractivity contribution in [2.45, 2.75) is 6.54 Å². The van der Waals surface area contributed by atoms with Gasteiger partial charge in [-0.05, 0) is 23.8 Å². The summed E-state index contributed by atoms with van der Waals surface area (Å²) in [7, 11) is 0. The highest BCUT2D eigenvalue weighted by atomic mass is 32.1. The predicted molar refractivity (Wildman–Crippen MR) is 98.7 cm³/mol. The van der Waals surface area contributed by atoms with Crippen LogP contribution in [0, 0.1) is 0 Å². The van der Waals surface area contributed by atoms with Crippen molar-refractivity contribution in [3.63, 3.8) is 0 Å². The number of fused-ring (bicyclic) bond motifs is 2. The normalized spacial score (nSPS) is 12.1. The van der Waals surface area contributed by atoms with Crippen molar-refractivity contribution in [2.24, 2.45) is 16.7 Å². The summed E-state index contributed by atoms with van der Waals surface area (Å²) < 4.78 is 3.03. The summed E-state index contributed by atoms with van der Waals surface area (Å²) in [5.41, 5.74) is 17.9. The van der Waals surface area contributed by atoms with Crippen molar-refractivity contribution in [1.29, 1.82) is 0 Å². The molecule has 126 valence electrons. The second-order valence-corrected chi connectivity index (χ2v) is 6.48. The number of hydrazine groups is 1. The largest absolute Gasteiger partial charge is 0.382 e. The number of imidazole rings is 1. The number of pyridine rings is 1. The van der Waals surface area contributed by atoms with Crippen LogP contribution in [0.25, 0.3) is 21.4 Å². The van der Waals surface area contributed by atoms with Gasteiger partial charge in [0.15, 0.2) is 16.6 Å². The zero-order valence-electron chi connectivity index (χ0n) is 13.0. The number of benzene rings is 1. The van der Waals surface area contributed by atoms with E-state index in [1.54, 1.807) is 12.5 Å². The van der Waals surface area contributed by atoms with Crippen molar-refractivity contribution >= 4 is 43.7 Å². The topological polar surface area (TPSA) is 146 Å². The number of anilines is 1. The Labute approximate surface area is 146 Å². The van der Waals surface area contributed by atoms with Gasteiger partial charge in [-0.15, -0.1) is 5.10 Å². The maximum Gasteiger partial charge on any atom is 0.181 e. The van der Waals surface area contributed by atoms with Gasteiger partial charge in [-0.2, -0.15) is 0 Å². The van der Waals surface area contributed by atoms with Gasteiger partial charge < -0.3 is 16.0 Å². The molecule has 4 rings (SSSR count). The van der Waals surface area contributed by atoms with Gasteiger partial charge in [-0.3, -0.25) is 0 Å². The molecular formula is C15H15N9S. The third-order valence-electron chi connectivity index (χ3n) is 3.76. The fourth-order valence-electron chi connectivity index (χ4n) is 2.62. The van der Waals surface area contributed by atoms with Crippen LogP contribution in [0.4, 0.5) is 5.13 Å². The van der Waals surface area contributed by atoms with E-state index in [0.29, 0.717) is 17.2 Å². The van der Waals surface area contributed by atoms with E-state index in [4.69, 9.17) is 17.3 Å². The summed E-state index contributed by atoms with van der Waals surface area (Å²) in [5, 5.41) is 4.31. The minimum absolute atomic E-state index is 0.250. The van der Waals surface area contributed by atoms with E-state index < -0.39 is 0 Å². The number of aromatic nitrogens is 4. The third kappa shape index (κ3) is 2.84. The third-order valence-corrected chi connectivity index (χ3v) is 4.61. The molecule has 3 aromatic heterocycles. The summed E-state index contributed by atoms with van der Waals surface area (Å²) in [6.07, 6.45) is 3.39. The Bertz CT molecular complexity index is 1090. The van der Waals surface area contributed by atoms with Gasteiger partial charge in [0.05, 0.1) is 23.1 Å². The lowest BCUT2D eigenvalue weighted by molar-refractivity contribution is 0.803. The van der Waals surface area contributed by atoms with Gasteiger partial charge in [0, 0.05) is 11.8 Å². The minimum Gasteiger partial charge on any atom is -0.382 e. The second kappa shape index (κ2) is 6.00. The Morgan fingerprint density at radius 3 is 2.96 bits per heavy atom. The molecule has 0 aliphatic heterocycles. The first kappa shape index (κ1) is 15.3. The molecule has 0 saturated heterocycles. The number of amidine groups is 1. The average Bonchev–Trinajstić information content (AvgIpc) is 3.17. The molecule has 7 N–H and O–H groups in total. The first-order valence-electron chi connectivity index (χ1n) is 7.39. The van der Waals surface area contributed by atoms with E-state index in [-0.39, 0.29) is 5.84 Å². The number of hydrogen-bond acceptors (Lipinski definition) is 8. The molecule has 0 atom stereocenters. The van der Waals surface area contributed by atoms with Gasteiger partial charge in [-0.25, -0.2) is 26.3 Å². The molecule has 4 aromatic rings. The molecule has 1 aromatic carbocycles. The molecule has 0 aliphatic carbocycles. The van der Waals surface area contributed by atoms with Crippen molar-refractivity contribution in [2.75, 3.05) is 5.73 Å². The fraction of sp³-hybridized carbons (Fsp3) is 0.0667. The number of nitrogens with two attached hydrogens (primary N) is 3. The van der Waals surface area contributed by atoms with Crippen LogP contribution < -0.4 is 22.8 Å². The summed E-state index contributed by atoms with van der Waals surface area (Å²) in [6.45, 7) is 0.643. The summed E-state index contributed by atoms with van der Waals surface area (Å²) >= 11 is 1.48. The van der Waals surface area contributed by atoms with Crippen molar-refractivity contribution in [3.8, 4) is 0 Å². The summed E-state index contributed by atoms with van der Waals surface area (Å²) in [6, 6.07) is 7.90. The molecule has 0 saturated carbocycles. The molecule has 10 heteroatoms. The number of hydrazone groups is 1. The minimum atomic E-state index is 0.250. The number of nitrogens with one attached hydrogen (secondary N) is 1. The molecule has 9 nitrogen and oxygen atoms in total. The Kier molecular flexibility index (Phi) is 3.67. The fourth-order valence-corrected chi connectivity index (χ4v) is 3.42. The van der Waals surface area contributed by atoms with Gasteiger partial charge in [-0.1, -0.05) is 17.4 Å². The molecule has 0 bridgehead atoms. The molecule has 0 unspecified atom stereocenters. The lowest BCUT2D eigenvalue weighted by Crippen LogP contribution is -2.23. The molecule has 0 spiro atoms. The van der Waals surface area contributed by atoms with E-state index >= 15 is 0 Å². The van der Waals surface area contributed by atoms with Crippen molar-refractivity contribution < 1.29 is 0 Å². The standard InChI is InChI=1S/C15H15N9S/c16-13(22-23-18)9-4-11-14(19-5-9)24(7-20-11)6-8-1-2-10-12(3-8)25-15(17)21-10/h1-5,7,23H,6,18H2,(H2,16,22)(H2,17,21). The van der Waals surface area contributed by atoms with Crippen LogP contribution in [0.15, 0.2) is 41.9 Å². The zero-order chi connectivity index (χ0) is 17.4. The number of hydrogen-bond donors (Lipinski definition) is 4. The van der Waals surface area contributed by atoms with Gasteiger partial charge in [0.1, 0.15) is 5.52 Å². The van der Waals surface area contributed by atoms with Crippen LogP contribution in [-0.4, -0.2) is 25.4 Å². The smallest absolute Gasteiger partial charge is 0.181 e. The van der Waals surface area contributed by atoms with E-state index in [1.165, 1.54) is 11.3 Å². The Morgan fingerprint density at radius 1 is 1.24 bits per heavy atom. The Morgan fingerprint density at radius 2 is 2.12 bits per heavy atom. The van der Waals surface area contributed by atoms with Crippen molar-refractivity contribution in [3.05, 3.63) is 47.9 Å².